The monoisotopic (exact) mass is 293 g/mol. The minimum absolute atomic E-state index is 0.0510. The third kappa shape index (κ3) is 2.43. The van der Waals surface area contributed by atoms with Crippen molar-refractivity contribution in [1.82, 2.24) is 5.32 Å². The molecule has 0 atom stereocenters. The van der Waals surface area contributed by atoms with Crippen LogP contribution in [0.2, 0.25) is 0 Å². The van der Waals surface area contributed by atoms with E-state index in [1.807, 2.05) is 36.4 Å². The third-order valence-electron chi connectivity index (χ3n) is 4.06. The Morgan fingerprint density at radius 1 is 0.955 bits per heavy atom. The van der Waals surface area contributed by atoms with Crippen LogP contribution in [0.3, 0.4) is 0 Å². The summed E-state index contributed by atoms with van der Waals surface area (Å²) < 4.78 is 0. The Morgan fingerprint density at radius 2 is 1.68 bits per heavy atom. The second-order valence-corrected chi connectivity index (χ2v) is 5.57. The summed E-state index contributed by atoms with van der Waals surface area (Å²) in [7, 11) is 0. The number of rotatable bonds is 5. The van der Waals surface area contributed by atoms with Gasteiger partial charge in [0.2, 0.25) is 0 Å². The number of ketones is 1. The van der Waals surface area contributed by atoms with Crippen molar-refractivity contribution in [1.29, 1.82) is 0 Å². The van der Waals surface area contributed by atoms with Gasteiger partial charge < -0.3 is 5.32 Å². The number of amides is 1. The Labute approximate surface area is 130 Å². The molecule has 112 valence electrons. The van der Waals surface area contributed by atoms with E-state index in [1.54, 1.807) is 6.07 Å². The molecule has 0 fully saturated rings. The molecule has 1 aliphatic rings. The predicted octanol–water partition coefficient (Wildman–Crippen LogP) is 3.82. The van der Waals surface area contributed by atoms with Crippen LogP contribution in [-0.4, -0.2) is 18.2 Å². The maximum Gasteiger partial charge on any atom is 0.252 e. The molecule has 1 N–H and O–H groups in total. The first-order valence-corrected chi connectivity index (χ1v) is 7.79. The number of unbranched alkanes of at least 4 members (excludes halogenated alkanes) is 2. The SMILES string of the molecule is CCCCCNC(=O)c1cccc2c1C(=O)c1ccccc1-2. The molecular formula is C19H19NO2. The zero-order valence-electron chi connectivity index (χ0n) is 12.7. The lowest BCUT2D eigenvalue weighted by Crippen LogP contribution is -2.26. The molecule has 0 bridgehead atoms. The summed E-state index contributed by atoms with van der Waals surface area (Å²) in [5.41, 5.74) is 3.49. The summed E-state index contributed by atoms with van der Waals surface area (Å²) in [6, 6.07) is 13.0. The first-order chi connectivity index (χ1) is 10.7. The highest BCUT2D eigenvalue weighted by molar-refractivity contribution is 6.25. The second-order valence-electron chi connectivity index (χ2n) is 5.57. The van der Waals surface area contributed by atoms with Crippen LogP contribution in [0.5, 0.6) is 0 Å². The van der Waals surface area contributed by atoms with Gasteiger partial charge in [-0.05, 0) is 23.6 Å². The molecule has 0 saturated heterocycles. The van der Waals surface area contributed by atoms with Gasteiger partial charge in [0.15, 0.2) is 5.78 Å². The fourth-order valence-corrected chi connectivity index (χ4v) is 2.93. The van der Waals surface area contributed by atoms with E-state index in [1.165, 1.54) is 0 Å². The van der Waals surface area contributed by atoms with Crippen LogP contribution >= 0.6 is 0 Å². The largest absolute Gasteiger partial charge is 0.352 e. The fraction of sp³-hybridized carbons (Fsp3) is 0.263. The van der Waals surface area contributed by atoms with E-state index >= 15 is 0 Å². The van der Waals surface area contributed by atoms with Gasteiger partial charge in [-0.1, -0.05) is 56.2 Å². The molecular weight excluding hydrogens is 274 g/mol. The van der Waals surface area contributed by atoms with E-state index in [4.69, 9.17) is 0 Å². The molecule has 22 heavy (non-hydrogen) atoms. The maximum atomic E-state index is 12.6. The number of carbonyl (C=O) groups is 2. The van der Waals surface area contributed by atoms with Gasteiger partial charge in [0.25, 0.3) is 5.91 Å². The lowest BCUT2D eigenvalue weighted by molar-refractivity contribution is 0.0942. The number of nitrogens with one attached hydrogen (secondary N) is 1. The molecule has 0 unspecified atom stereocenters. The highest BCUT2D eigenvalue weighted by atomic mass is 16.2. The molecule has 0 aromatic heterocycles. The number of benzene rings is 2. The summed E-state index contributed by atoms with van der Waals surface area (Å²) in [6.45, 7) is 2.78. The Hall–Kier alpha value is -2.42. The van der Waals surface area contributed by atoms with Crippen molar-refractivity contribution < 1.29 is 9.59 Å². The number of fused-ring (bicyclic) bond motifs is 3. The van der Waals surface area contributed by atoms with Crippen molar-refractivity contribution in [2.45, 2.75) is 26.2 Å². The quantitative estimate of drug-likeness (QED) is 0.727. The fourth-order valence-electron chi connectivity index (χ4n) is 2.93. The average Bonchev–Trinajstić information content (AvgIpc) is 2.85. The summed E-state index contributed by atoms with van der Waals surface area (Å²) >= 11 is 0. The van der Waals surface area contributed by atoms with Crippen LogP contribution in [-0.2, 0) is 0 Å². The average molecular weight is 293 g/mol. The van der Waals surface area contributed by atoms with Crippen molar-refractivity contribution in [2.24, 2.45) is 0 Å². The lowest BCUT2D eigenvalue weighted by Gasteiger charge is -2.08. The van der Waals surface area contributed by atoms with Gasteiger partial charge in [0.1, 0.15) is 0 Å². The molecule has 3 nitrogen and oxygen atoms in total. The molecule has 0 aliphatic heterocycles. The minimum Gasteiger partial charge on any atom is -0.352 e. The zero-order chi connectivity index (χ0) is 15.5. The molecule has 2 aromatic carbocycles. The van der Waals surface area contributed by atoms with Crippen LogP contribution in [0.15, 0.2) is 42.5 Å². The van der Waals surface area contributed by atoms with Crippen molar-refractivity contribution in [3.05, 3.63) is 59.2 Å². The third-order valence-corrected chi connectivity index (χ3v) is 4.06. The highest BCUT2D eigenvalue weighted by Crippen LogP contribution is 2.37. The van der Waals surface area contributed by atoms with Crippen molar-refractivity contribution in [3.63, 3.8) is 0 Å². The summed E-state index contributed by atoms with van der Waals surface area (Å²) in [5.74, 6) is -0.209. The first kappa shape index (κ1) is 14.5. The van der Waals surface area contributed by atoms with Crippen LogP contribution in [0, 0.1) is 0 Å². The Balaban J connectivity index is 1.90. The molecule has 3 rings (SSSR count). The normalized spacial score (nSPS) is 12.0. The van der Waals surface area contributed by atoms with Gasteiger partial charge in [0, 0.05) is 17.7 Å². The van der Waals surface area contributed by atoms with Crippen molar-refractivity contribution in [2.75, 3.05) is 6.54 Å². The molecule has 0 radical (unpaired) electrons. The van der Waals surface area contributed by atoms with Gasteiger partial charge in [-0.3, -0.25) is 9.59 Å². The second kappa shape index (κ2) is 6.14. The molecule has 0 spiro atoms. The number of carbonyl (C=O) groups excluding carboxylic acids is 2. The standard InChI is InChI=1S/C19H19NO2/c1-2-3-6-12-20-19(22)16-11-7-10-14-13-8-4-5-9-15(13)18(21)17(14)16/h4-5,7-11H,2-3,6,12H2,1H3,(H,20,22). The van der Waals surface area contributed by atoms with Gasteiger partial charge in [-0.15, -0.1) is 0 Å². The van der Waals surface area contributed by atoms with Gasteiger partial charge in [0.05, 0.1) is 5.56 Å². The maximum absolute atomic E-state index is 12.6. The van der Waals surface area contributed by atoms with E-state index in [9.17, 15) is 9.59 Å². The Kier molecular flexibility index (Phi) is 4.05. The van der Waals surface area contributed by atoms with Crippen molar-refractivity contribution >= 4 is 11.7 Å². The predicted molar refractivity (Wildman–Crippen MR) is 87.2 cm³/mol. The molecule has 0 saturated carbocycles. The van der Waals surface area contributed by atoms with Gasteiger partial charge in [-0.2, -0.15) is 0 Å². The van der Waals surface area contributed by atoms with E-state index in [0.29, 0.717) is 23.2 Å². The van der Waals surface area contributed by atoms with E-state index in [2.05, 4.69) is 12.2 Å². The highest BCUT2D eigenvalue weighted by Gasteiger charge is 2.30. The first-order valence-electron chi connectivity index (χ1n) is 7.79. The van der Waals surface area contributed by atoms with E-state index < -0.39 is 0 Å². The summed E-state index contributed by atoms with van der Waals surface area (Å²) in [5, 5.41) is 2.92. The van der Waals surface area contributed by atoms with E-state index in [0.717, 1.165) is 30.4 Å². The summed E-state index contributed by atoms with van der Waals surface area (Å²) in [6.07, 6.45) is 3.17. The number of hydrogen-bond acceptors (Lipinski definition) is 2. The molecule has 0 heterocycles. The minimum atomic E-state index is -0.158. The topological polar surface area (TPSA) is 46.2 Å². The molecule has 1 amide bonds. The Morgan fingerprint density at radius 3 is 2.45 bits per heavy atom. The Bertz CT molecular complexity index is 734. The molecule has 1 aliphatic carbocycles. The number of hydrogen-bond donors (Lipinski definition) is 1. The zero-order valence-corrected chi connectivity index (χ0v) is 12.7. The van der Waals surface area contributed by atoms with Gasteiger partial charge >= 0.3 is 0 Å². The van der Waals surface area contributed by atoms with E-state index in [-0.39, 0.29) is 11.7 Å². The molecule has 2 aromatic rings. The van der Waals surface area contributed by atoms with Crippen LogP contribution in [0.25, 0.3) is 11.1 Å². The van der Waals surface area contributed by atoms with Crippen LogP contribution in [0.1, 0.15) is 52.5 Å². The smallest absolute Gasteiger partial charge is 0.252 e. The molecule has 3 heteroatoms. The van der Waals surface area contributed by atoms with Crippen LogP contribution < -0.4 is 5.32 Å². The van der Waals surface area contributed by atoms with Crippen molar-refractivity contribution in [3.8, 4) is 11.1 Å². The lowest BCUT2D eigenvalue weighted by atomic mass is 10.0. The van der Waals surface area contributed by atoms with Gasteiger partial charge in [-0.25, -0.2) is 0 Å². The summed E-state index contributed by atoms with van der Waals surface area (Å²) in [4.78, 5) is 25.0. The van der Waals surface area contributed by atoms with Crippen LogP contribution in [0.4, 0.5) is 0 Å².